The first-order valence-electron chi connectivity index (χ1n) is 4.80. The number of hydrogen-bond acceptors (Lipinski definition) is 2. The van der Waals surface area contributed by atoms with E-state index in [-0.39, 0.29) is 17.3 Å². The molecule has 0 amide bonds. The zero-order chi connectivity index (χ0) is 9.19. The number of carbonyl (C=O) groups is 1. The van der Waals surface area contributed by atoms with E-state index in [1.807, 2.05) is 6.92 Å². The molecule has 1 aliphatic rings. The Morgan fingerprint density at radius 3 is 2.50 bits per heavy atom. The second-order valence-corrected chi connectivity index (χ2v) is 3.98. The lowest BCUT2D eigenvalue weighted by atomic mass is 9.94. The van der Waals surface area contributed by atoms with Gasteiger partial charge in [0.15, 0.2) is 0 Å². The number of ketones is 1. The van der Waals surface area contributed by atoms with Gasteiger partial charge in [0.1, 0.15) is 5.78 Å². The molecule has 1 N–H and O–H groups in total. The van der Waals surface area contributed by atoms with Gasteiger partial charge in [0.25, 0.3) is 0 Å². The normalized spacial score (nSPS) is 21.9. The summed E-state index contributed by atoms with van der Waals surface area (Å²) < 4.78 is 0. The lowest BCUT2D eigenvalue weighted by Crippen LogP contribution is -2.14. The number of Topliss-reactive ketones (excluding diaryl/α,β-unsaturated/α-hetero) is 1. The fraction of sp³-hybridized carbons (Fsp3) is 0.900. The molecule has 1 fully saturated rings. The SMILES string of the molecule is CCC(CCC1(O)CC1)C(C)=O. The Morgan fingerprint density at radius 2 is 2.17 bits per heavy atom. The molecule has 0 heterocycles. The number of aliphatic hydroxyl groups is 1. The maximum absolute atomic E-state index is 11.0. The fourth-order valence-corrected chi connectivity index (χ4v) is 1.53. The zero-order valence-electron chi connectivity index (χ0n) is 7.97. The topological polar surface area (TPSA) is 37.3 Å². The van der Waals surface area contributed by atoms with E-state index in [9.17, 15) is 9.90 Å². The second kappa shape index (κ2) is 3.56. The van der Waals surface area contributed by atoms with E-state index in [0.717, 1.165) is 32.1 Å². The quantitative estimate of drug-likeness (QED) is 0.684. The van der Waals surface area contributed by atoms with Gasteiger partial charge in [0, 0.05) is 5.92 Å². The van der Waals surface area contributed by atoms with Crippen LogP contribution >= 0.6 is 0 Å². The predicted octanol–water partition coefficient (Wildman–Crippen LogP) is 1.91. The summed E-state index contributed by atoms with van der Waals surface area (Å²) in [7, 11) is 0. The van der Waals surface area contributed by atoms with E-state index in [1.54, 1.807) is 6.92 Å². The van der Waals surface area contributed by atoms with Crippen LogP contribution in [0.1, 0.15) is 46.0 Å². The summed E-state index contributed by atoms with van der Waals surface area (Å²) in [6.45, 7) is 3.67. The number of carbonyl (C=O) groups excluding carboxylic acids is 1. The third-order valence-corrected chi connectivity index (χ3v) is 2.85. The Balaban J connectivity index is 2.23. The van der Waals surface area contributed by atoms with Crippen LogP contribution in [0, 0.1) is 5.92 Å². The summed E-state index contributed by atoms with van der Waals surface area (Å²) in [5, 5.41) is 9.54. The summed E-state index contributed by atoms with van der Waals surface area (Å²) in [6.07, 6.45) is 4.45. The molecule has 0 aromatic rings. The summed E-state index contributed by atoms with van der Waals surface area (Å²) >= 11 is 0. The molecule has 1 rings (SSSR count). The van der Waals surface area contributed by atoms with Gasteiger partial charge in [-0.05, 0) is 39.0 Å². The molecule has 70 valence electrons. The molecule has 0 aliphatic heterocycles. The molecule has 1 saturated carbocycles. The molecule has 0 radical (unpaired) electrons. The Kier molecular flexibility index (Phi) is 2.89. The highest BCUT2D eigenvalue weighted by molar-refractivity contribution is 5.78. The first-order chi connectivity index (χ1) is 5.57. The largest absolute Gasteiger partial charge is 0.390 e. The minimum Gasteiger partial charge on any atom is -0.390 e. The highest BCUT2D eigenvalue weighted by atomic mass is 16.3. The highest BCUT2D eigenvalue weighted by Crippen LogP contribution is 2.40. The van der Waals surface area contributed by atoms with Crippen molar-refractivity contribution in [3.8, 4) is 0 Å². The average molecular weight is 170 g/mol. The molecule has 0 aromatic carbocycles. The Morgan fingerprint density at radius 1 is 1.58 bits per heavy atom. The van der Waals surface area contributed by atoms with Crippen LogP contribution in [0.4, 0.5) is 0 Å². The van der Waals surface area contributed by atoms with Gasteiger partial charge >= 0.3 is 0 Å². The van der Waals surface area contributed by atoms with Crippen molar-refractivity contribution in [2.75, 3.05) is 0 Å². The first kappa shape index (κ1) is 9.72. The molecule has 0 spiro atoms. The molecular formula is C10H18O2. The Hall–Kier alpha value is -0.370. The fourth-order valence-electron chi connectivity index (χ4n) is 1.53. The molecule has 1 aliphatic carbocycles. The van der Waals surface area contributed by atoms with Gasteiger partial charge in [-0.3, -0.25) is 4.79 Å². The van der Waals surface area contributed by atoms with Crippen molar-refractivity contribution < 1.29 is 9.90 Å². The van der Waals surface area contributed by atoms with E-state index in [1.165, 1.54) is 0 Å². The summed E-state index contributed by atoms with van der Waals surface area (Å²) in [5.41, 5.74) is -0.386. The summed E-state index contributed by atoms with van der Waals surface area (Å²) in [5.74, 6) is 0.441. The minimum atomic E-state index is -0.386. The van der Waals surface area contributed by atoms with Gasteiger partial charge in [-0.15, -0.1) is 0 Å². The lowest BCUT2D eigenvalue weighted by molar-refractivity contribution is -0.121. The Labute approximate surface area is 74.0 Å². The summed E-state index contributed by atoms with van der Waals surface area (Å²) in [6, 6.07) is 0. The monoisotopic (exact) mass is 170 g/mol. The van der Waals surface area contributed by atoms with Crippen LogP contribution in [0.5, 0.6) is 0 Å². The maximum atomic E-state index is 11.0. The van der Waals surface area contributed by atoms with Crippen molar-refractivity contribution in [1.29, 1.82) is 0 Å². The van der Waals surface area contributed by atoms with Gasteiger partial charge < -0.3 is 5.11 Å². The second-order valence-electron chi connectivity index (χ2n) is 3.98. The molecule has 1 unspecified atom stereocenters. The zero-order valence-corrected chi connectivity index (χ0v) is 7.97. The van der Waals surface area contributed by atoms with E-state index in [0.29, 0.717) is 0 Å². The van der Waals surface area contributed by atoms with Gasteiger partial charge in [-0.1, -0.05) is 6.92 Å². The molecule has 2 heteroatoms. The van der Waals surface area contributed by atoms with Crippen molar-refractivity contribution in [3.05, 3.63) is 0 Å². The van der Waals surface area contributed by atoms with E-state index >= 15 is 0 Å². The average Bonchev–Trinajstić information content (AvgIpc) is 2.69. The van der Waals surface area contributed by atoms with Gasteiger partial charge in [-0.2, -0.15) is 0 Å². The Bertz CT molecular complexity index is 171. The van der Waals surface area contributed by atoms with Crippen LogP contribution in [0.15, 0.2) is 0 Å². The predicted molar refractivity (Wildman–Crippen MR) is 47.9 cm³/mol. The molecule has 0 saturated heterocycles. The van der Waals surface area contributed by atoms with E-state index in [4.69, 9.17) is 0 Å². The van der Waals surface area contributed by atoms with Crippen molar-refractivity contribution in [2.24, 2.45) is 5.92 Å². The number of hydrogen-bond donors (Lipinski definition) is 1. The van der Waals surface area contributed by atoms with E-state index < -0.39 is 0 Å². The van der Waals surface area contributed by atoms with Crippen LogP contribution < -0.4 is 0 Å². The summed E-state index contributed by atoms with van der Waals surface area (Å²) in [4.78, 5) is 11.0. The molecule has 12 heavy (non-hydrogen) atoms. The van der Waals surface area contributed by atoms with Gasteiger partial charge in [0.05, 0.1) is 5.60 Å². The lowest BCUT2D eigenvalue weighted by Gasteiger charge is -2.13. The van der Waals surface area contributed by atoms with Crippen molar-refractivity contribution in [3.63, 3.8) is 0 Å². The third kappa shape index (κ3) is 2.59. The van der Waals surface area contributed by atoms with E-state index in [2.05, 4.69) is 0 Å². The third-order valence-electron chi connectivity index (χ3n) is 2.85. The van der Waals surface area contributed by atoms with Crippen LogP contribution in [-0.4, -0.2) is 16.5 Å². The standard InChI is InChI=1S/C10H18O2/c1-3-9(8(2)11)4-5-10(12)6-7-10/h9,12H,3-7H2,1-2H3. The van der Waals surface area contributed by atoms with Crippen molar-refractivity contribution >= 4 is 5.78 Å². The smallest absolute Gasteiger partial charge is 0.132 e. The van der Waals surface area contributed by atoms with Crippen molar-refractivity contribution in [2.45, 2.75) is 51.6 Å². The minimum absolute atomic E-state index is 0.176. The number of rotatable bonds is 5. The highest BCUT2D eigenvalue weighted by Gasteiger charge is 2.40. The van der Waals surface area contributed by atoms with Crippen LogP contribution in [0.25, 0.3) is 0 Å². The molecular weight excluding hydrogens is 152 g/mol. The molecule has 0 bridgehead atoms. The van der Waals surface area contributed by atoms with Crippen LogP contribution in [0.3, 0.4) is 0 Å². The molecule has 1 atom stereocenters. The first-order valence-corrected chi connectivity index (χ1v) is 4.80. The van der Waals surface area contributed by atoms with Crippen molar-refractivity contribution in [1.82, 2.24) is 0 Å². The van der Waals surface area contributed by atoms with Gasteiger partial charge in [0.2, 0.25) is 0 Å². The maximum Gasteiger partial charge on any atom is 0.132 e. The molecule has 0 aromatic heterocycles. The van der Waals surface area contributed by atoms with Crippen LogP contribution in [0.2, 0.25) is 0 Å². The van der Waals surface area contributed by atoms with Crippen LogP contribution in [-0.2, 0) is 4.79 Å². The molecule has 2 nitrogen and oxygen atoms in total. The van der Waals surface area contributed by atoms with Gasteiger partial charge in [-0.25, -0.2) is 0 Å².